The van der Waals surface area contributed by atoms with Gasteiger partial charge in [-0.25, -0.2) is 12.8 Å². The maximum atomic E-state index is 13.2. The third-order valence-corrected chi connectivity index (χ3v) is 6.82. The average molecular weight is 425 g/mol. The first-order valence-corrected chi connectivity index (χ1v) is 10.9. The zero-order valence-electron chi connectivity index (χ0n) is 16.0. The molecule has 4 rings (SSSR count). The number of sulfonamides is 1. The summed E-state index contributed by atoms with van der Waals surface area (Å²) in [5.41, 5.74) is 8.52. The molecule has 1 heterocycles. The van der Waals surface area contributed by atoms with Gasteiger partial charge in [0.05, 0.1) is 10.6 Å². The van der Waals surface area contributed by atoms with Gasteiger partial charge in [0.15, 0.2) is 0 Å². The zero-order valence-corrected chi connectivity index (χ0v) is 16.8. The van der Waals surface area contributed by atoms with Crippen LogP contribution in [0.3, 0.4) is 0 Å². The highest BCUT2D eigenvalue weighted by molar-refractivity contribution is 7.92. The Morgan fingerprint density at radius 3 is 2.40 bits per heavy atom. The van der Waals surface area contributed by atoms with Crippen molar-refractivity contribution < 1.29 is 17.6 Å². The molecule has 30 heavy (non-hydrogen) atoms. The SMILES string of the molecule is Nc1ccc(C(=O)Nc2ccc3c(c2)N(S(=O)(=O)c2ccc(F)cc2)CCC3)cc1. The van der Waals surface area contributed by atoms with Gasteiger partial charge in [-0.15, -0.1) is 0 Å². The highest BCUT2D eigenvalue weighted by Crippen LogP contribution is 2.34. The van der Waals surface area contributed by atoms with Crippen LogP contribution in [0.15, 0.2) is 71.6 Å². The molecule has 8 heteroatoms. The topological polar surface area (TPSA) is 92.5 Å². The van der Waals surface area contributed by atoms with Gasteiger partial charge in [0.25, 0.3) is 15.9 Å². The molecular formula is C22H20FN3O3S. The van der Waals surface area contributed by atoms with Crippen molar-refractivity contribution in [1.82, 2.24) is 0 Å². The van der Waals surface area contributed by atoms with Crippen LogP contribution in [-0.4, -0.2) is 20.9 Å². The number of nitrogen functional groups attached to an aromatic ring is 1. The van der Waals surface area contributed by atoms with E-state index in [2.05, 4.69) is 5.32 Å². The standard InChI is InChI=1S/C22H20FN3O3S/c23-17-6-11-20(12-7-17)30(28,29)26-13-1-2-15-5-10-19(14-21(15)26)25-22(27)16-3-8-18(24)9-4-16/h3-12,14H,1-2,13,24H2,(H,25,27). The van der Waals surface area contributed by atoms with E-state index in [1.807, 2.05) is 6.07 Å². The summed E-state index contributed by atoms with van der Waals surface area (Å²) < 4.78 is 40.9. The van der Waals surface area contributed by atoms with Gasteiger partial charge >= 0.3 is 0 Å². The van der Waals surface area contributed by atoms with Crippen LogP contribution in [0.1, 0.15) is 22.3 Å². The summed E-state index contributed by atoms with van der Waals surface area (Å²) in [6, 6.07) is 16.5. The molecule has 0 aliphatic carbocycles. The Hall–Kier alpha value is -3.39. The molecule has 6 nitrogen and oxygen atoms in total. The summed E-state index contributed by atoms with van der Waals surface area (Å²) in [6.45, 7) is 0.308. The number of carbonyl (C=O) groups excluding carboxylic acids is 1. The maximum absolute atomic E-state index is 13.2. The fourth-order valence-electron chi connectivity index (χ4n) is 3.44. The van der Waals surface area contributed by atoms with E-state index in [4.69, 9.17) is 5.73 Å². The fraction of sp³-hybridized carbons (Fsp3) is 0.136. The van der Waals surface area contributed by atoms with Crippen molar-refractivity contribution >= 4 is 33.0 Å². The molecule has 0 aromatic heterocycles. The normalized spacial score (nSPS) is 13.6. The zero-order chi connectivity index (χ0) is 21.3. The number of nitrogens with zero attached hydrogens (tertiary/aromatic N) is 1. The number of fused-ring (bicyclic) bond motifs is 1. The van der Waals surface area contributed by atoms with Gasteiger partial charge in [0.1, 0.15) is 5.82 Å². The number of rotatable bonds is 4. The largest absolute Gasteiger partial charge is 0.399 e. The number of hydrogen-bond acceptors (Lipinski definition) is 4. The van der Waals surface area contributed by atoms with Crippen LogP contribution in [-0.2, 0) is 16.4 Å². The molecule has 0 radical (unpaired) electrons. The second kappa shape index (κ2) is 7.79. The van der Waals surface area contributed by atoms with E-state index in [-0.39, 0.29) is 10.8 Å². The minimum absolute atomic E-state index is 0.0214. The lowest BCUT2D eigenvalue weighted by atomic mass is 10.0. The first-order chi connectivity index (χ1) is 14.3. The monoisotopic (exact) mass is 425 g/mol. The van der Waals surface area contributed by atoms with Crippen molar-refractivity contribution in [3.63, 3.8) is 0 Å². The molecule has 154 valence electrons. The molecule has 1 amide bonds. The second-order valence-corrected chi connectivity index (χ2v) is 8.92. The predicted molar refractivity (Wildman–Crippen MR) is 115 cm³/mol. The van der Waals surface area contributed by atoms with Gasteiger partial charge in [0, 0.05) is 23.5 Å². The molecule has 0 saturated heterocycles. The molecule has 0 bridgehead atoms. The Morgan fingerprint density at radius 2 is 1.70 bits per heavy atom. The quantitative estimate of drug-likeness (QED) is 0.622. The number of nitrogens with one attached hydrogen (secondary N) is 1. The molecule has 3 aromatic carbocycles. The van der Waals surface area contributed by atoms with E-state index < -0.39 is 15.8 Å². The highest BCUT2D eigenvalue weighted by Gasteiger charge is 2.29. The number of anilines is 3. The highest BCUT2D eigenvalue weighted by atomic mass is 32.2. The molecular weight excluding hydrogens is 405 g/mol. The Kier molecular flexibility index (Phi) is 5.17. The van der Waals surface area contributed by atoms with Gasteiger partial charge in [-0.2, -0.15) is 0 Å². The van der Waals surface area contributed by atoms with Crippen molar-refractivity contribution in [2.45, 2.75) is 17.7 Å². The number of carbonyl (C=O) groups is 1. The van der Waals surface area contributed by atoms with Crippen LogP contribution in [0.5, 0.6) is 0 Å². The Bertz CT molecular complexity index is 1190. The van der Waals surface area contributed by atoms with Crippen LogP contribution >= 0.6 is 0 Å². The first kappa shape index (κ1) is 19.9. The summed E-state index contributed by atoms with van der Waals surface area (Å²) >= 11 is 0. The van der Waals surface area contributed by atoms with Crippen molar-refractivity contribution in [3.05, 3.63) is 83.7 Å². The number of amides is 1. The molecule has 3 N–H and O–H groups in total. The summed E-state index contributed by atoms with van der Waals surface area (Å²) in [4.78, 5) is 12.5. The average Bonchev–Trinajstić information content (AvgIpc) is 2.74. The molecule has 0 atom stereocenters. The number of hydrogen-bond donors (Lipinski definition) is 2. The van der Waals surface area contributed by atoms with E-state index in [0.717, 1.165) is 24.1 Å². The van der Waals surface area contributed by atoms with Crippen LogP contribution in [0.25, 0.3) is 0 Å². The van der Waals surface area contributed by atoms with Crippen LogP contribution in [0.2, 0.25) is 0 Å². The van der Waals surface area contributed by atoms with Crippen LogP contribution in [0, 0.1) is 5.82 Å². The molecule has 0 fully saturated rings. The molecule has 1 aliphatic heterocycles. The minimum atomic E-state index is -3.85. The number of halogens is 1. The third kappa shape index (κ3) is 3.86. The lowest BCUT2D eigenvalue weighted by Crippen LogP contribution is -2.35. The van der Waals surface area contributed by atoms with Gasteiger partial charge in [0.2, 0.25) is 0 Å². The van der Waals surface area contributed by atoms with Crippen LogP contribution in [0.4, 0.5) is 21.5 Å². The van der Waals surface area contributed by atoms with E-state index in [9.17, 15) is 17.6 Å². The Labute approximate surface area is 174 Å². The third-order valence-electron chi connectivity index (χ3n) is 4.99. The van der Waals surface area contributed by atoms with E-state index in [0.29, 0.717) is 35.6 Å². The lowest BCUT2D eigenvalue weighted by Gasteiger charge is -2.31. The van der Waals surface area contributed by atoms with Crippen LogP contribution < -0.4 is 15.4 Å². The van der Waals surface area contributed by atoms with E-state index >= 15 is 0 Å². The fourth-order valence-corrected chi connectivity index (χ4v) is 4.97. The summed E-state index contributed by atoms with van der Waals surface area (Å²) in [5.74, 6) is -0.820. The van der Waals surface area contributed by atoms with Gasteiger partial charge in [-0.3, -0.25) is 9.10 Å². The summed E-state index contributed by atoms with van der Waals surface area (Å²) in [5, 5.41) is 2.80. The number of aryl methyl sites for hydroxylation is 1. The second-order valence-electron chi connectivity index (χ2n) is 7.05. The van der Waals surface area contributed by atoms with E-state index in [1.165, 1.54) is 16.4 Å². The van der Waals surface area contributed by atoms with Gasteiger partial charge in [-0.1, -0.05) is 6.07 Å². The Morgan fingerprint density at radius 1 is 1.00 bits per heavy atom. The van der Waals surface area contributed by atoms with Gasteiger partial charge < -0.3 is 11.1 Å². The van der Waals surface area contributed by atoms with Crippen molar-refractivity contribution in [1.29, 1.82) is 0 Å². The molecule has 3 aromatic rings. The molecule has 1 aliphatic rings. The smallest absolute Gasteiger partial charge is 0.264 e. The summed E-state index contributed by atoms with van der Waals surface area (Å²) in [7, 11) is -3.85. The predicted octanol–water partition coefficient (Wildman–Crippen LogP) is 3.80. The van der Waals surface area contributed by atoms with Crippen molar-refractivity contribution in [2.75, 3.05) is 21.9 Å². The molecule has 0 spiro atoms. The van der Waals surface area contributed by atoms with Crippen molar-refractivity contribution in [3.8, 4) is 0 Å². The van der Waals surface area contributed by atoms with E-state index in [1.54, 1.807) is 36.4 Å². The molecule has 0 saturated carbocycles. The first-order valence-electron chi connectivity index (χ1n) is 9.43. The maximum Gasteiger partial charge on any atom is 0.264 e. The Balaban J connectivity index is 1.65. The summed E-state index contributed by atoms with van der Waals surface area (Å²) in [6.07, 6.45) is 1.40. The van der Waals surface area contributed by atoms with Crippen molar-refractivity contribution in [2.24, 2.45) is 0 Å². The lowest BCUT2D eigenvalue weighted by molar-refractivity contribution is 0.102. The van der Waals surface area contributed by atoms with Gasteiger partial charge in [-0.05, 0) is 79.1 Å². The minimum Gasteiger partial charge on any atom is -0.399 e. The number of benzene rings is 3. The molecule has 0 unspecified atom stereocenters. The number of nitrogens with two attached hydrogens (primary N) is 1.